The van der Waals surface area contributed by atoms with Crippen LogP contribution < -0.4 is 20.5 Å². The minimum atomic E-state index is -0.562. The van der Waals surface area contributed by atoms with Crippen LogP contribution in [0.4, 0.5) is 5.69 Å². The van der Waals surface area contributed by atoms with Crippen molar-refractivity contribution >= 4 is 18.3 Å². The number of para-hydroxylation sites is 3. The number of benzene rings is 3. The number of nitrogen functional groups attached to an aromatic ring is 1. The predicted octanol–water partition coefficient (Wildman–Crippen LogP) is 3.12. The van der Waals surface area contributed by atoms with Gasteiger partial charge in [0.05, 0.1) is 5.69 Å². The maximum atomic E-state index is 5.99. The summed E-state index contributed by atoms with van der Waals surface area (Å²) in [4.78, 5) is 0. The summed E-state index contributed by atoms with van der Waals surface area (Å²) in [5, 5.41) is 0. The fourth-order valence-corrected chi connectivity index (χ4v) is 2.10. The molecular formula is C18H16BNO2. The second kappa shape index (κ2) is 6.72. The van der Waals surface area contributed by atoms with Gasteiger partial charge in [-0.2, -0.15) is 0 Å². The quantitative estimate of drug-likeness (QED) is 0.579. The van der Waals surface area contributed by atoms with Crippen molar-refractivity contribution in [1.29, 1.82) is 0 Å². The Hall–Kier alpha value is -2.88. The summed E-state index contributed by atoms with van der Waals surface area (Å²) in [5.41, 5.74) is 7.47. The minimum Gasteiger partial charge on any atom is -0.522 e. The summed E-state index contributed by atoms with van der Waals surface area (Å²) < 4.78 is 12.0. The molecule has 0 unspecified atom stereocenters. The lowest BCUT2D eigenvalue weighted by atomic mass is 9.78. The molecule has 108 valence electrons. The Balaban J connectivity index is 1.88. The Bertz CT molecular complexity index is 719. The normalized spacial score (nSPS) is 10.0. The first kappa shape index (κ1) is 14.1. The van der Waals surface area contributed by atoms with Crippen LogP contribution in [-0.4, -0.2) is 7.12 Å². The van der Waals surface area contributed by atoms with E-state index in [1.165, 1.54) is 0 Å². The van der Waals surface area contributed by atoms with Crippen molar-refractivity contribution in [3.8, 4) is 11.5 Å². The number of rotatable bonds is 5. The van der Waals surface area contributed by atoms with Crippen LogP contribution in [0.1, 0.15) is 0 Å². The van der Waals surface area contributed by atoms with E-state index in [-0.39, 0.29) is 0 Å². The van der Waals surface area contributed by atoms with Gasteiger partial charge in [0.2, 0.25) is 0 Å². The lowest BCUT2D eigenvalue weighted by Crippen LogP contribution is -2.42. The monoisotopic (exact) mass is 289 g/mol. The Morgan fingerprint density at radius 3 is 1.91 bits per heavy atom. The molecule has 3 aromatic carbocycles. The van der Waals surface area contributed by atoms with Gasteiger partial charge in [-0.05, 0) is 24.3 Å². The zero-order valence-corrected chi connectivity index (χ0v) is 12.1. The standard InChI is InChI=1S/C18H16BNO2/c20-17-13-7-8-14-18(17)22-19(15-9-3-1-4-10-15)21-16-11-5-2-6-12-16/h1-14H,20H2. The fraction of sp³-hybridized carbons (Fsp3) is 0. The fourth-order valence-electron chi connectivity index (χ4n) is 2.10. The molecular weight excluding hydrogens is 273 g/mol. The highest BCUT2D eigenvalue weighted by atomic mass is 16.6. The van der Waals surface area contributed by atoms with Gasteiger partial charge in [0, 0.05) is 5.46 Å². The zero-order chi connectivity index (χ0) is 15.2. The topological polar surface area (TPSA) is 44.5 Å². The van der Waals surface area contributed by atoms with Crippen molar-refractivity contribution < 1.29 is 9.31 Å². The van der Waals surface area contributed by atoms with E-state index in [2.05, 4.69) is 0 Å². The molecule has 0 spiro atoms. The van der Waals surface area contributed by atoms with Crippen molar-refractivity contribution in [3.63, 3.8) is 0 Å². The number of hydrogen-bond donors (Lipinski definition) is 1. The van der Waals surface area contributed by atoms with E-state index in [1.807, 2.05) is 78.9 Å². The molecule has 0 amide bonds. The van der Waals surface area contributed by atoms with Gasteiger partial charge < -0.3 is 15.0 Å². The maximum Gasteiger partial charge on any atom is 0.632 e. The number of anilines is 1. The maximum absolute atomic E-state index is 5.99. The summed E-state index contributed by atoms with van der Waals surface area (Å²) in [6.07, 6.45) is 0. The first-order chi connectivity index (χ1) is 10.8. The third-order valence-electron chi connectivity index (χ3n) is 3.21. The van der Waals surface area contributed by atoms with Gasteiger partial charge in [-0.1, -0.05) is 60.7 Å². The summed E-state index contributed by atoms with van der Waals surface area (Å²) in [5.74, 6) is 1.35. The molecule has 0 heterocycles. The van der Waals surface area contributed by atoms with Crippen LogP contribution >= 0.6 is 0 Å². The molecule has 3 rings (SSSR count). The van der Waals surface area contributed by atoms with Gasteiger partial charge in [-0.3, -0.25) is 0 Å². The van der Waals surface area contributed by atoms with E-state index >= 15 is 0 Å². The molecule has 22 heavy (non-hydrogen) atoms. The minimum absolute atomic E-state index is 0.562. The van der Waals surface area contributed by atoms with E-state index in [9.17, 15) is 0 Å². The number of nitrogens with two attached hydrogens (primary N) is 1. The Morgan fingerprint density at radius 1 is 0.636 bits per heavy atom. The Morgan fingerprint density at radius 2 is 1.23 bits per heavy atom. The van der Waals surface area contributed by atoms with Crippen LogP contribution in [0.2, 0.25) is 0 Å². The van der Waals surface area contributed by atoms with E-state index < -0.39 is 7.12 Å². The van der Waals surface area contributed by atoms with Crippen molar-refractivity contribution in [3.05, 3.63) is 84.9 Å². The third-order valence-corrected chi connectivity index (χ3v) is 3.21. The van der Waals surface area contributed by atoms with Crippen LogP contribution in [0.25, 0.3) is 0 Å². The Labute approximate surface area is 130 Å². The first-order valence-electron chi connectivity index (χ1n) is 7.11. The molecule has 0 bridgehead atoms. The van der Waals surface area contributed by atoms with E-state index in [0.717, 1.165) is 11.2 Å². The summed E-state index contributed by atoms with van der Waals surface area (Å²) >= 11 is 0. The molecule has 3 aromatic rings. The molecule has 0 radical (unpaired) electrons. The molecule has 3 nitrogen and oxygen atoms in total. The molecule has 0 atom stereocenters. The molecule has 0 saturated heterocycles. The van der Waals surface area contributed by atoms with Crippen LogP contribution in [-0.2, 0) is 0 Å². The highest BCUT2D eigenvalue weighted by Crippen LogP contribution is 2.21. The number of hydrogen-bond acceptors (Lipinski definition) is 3. The highest BCUT2D eigenvalue weighted by Gasteiger charge is 2.26. The van der Waals surface area contributed by atoms with Crippen molar-refractivity contribution in [2.24, 2.45) is 0 Å². The molecule has 4 heteroatoms. The van der Waals surface area contributed by atoms with E-state index in [1.54, 1.807) is 6.07 Å². The van der Waals surface area contributed by atoms with Gasteiger partial charge in [0.1, 0.15) is 11.5 Å². The molecule has 0 aliphatic carbocycles. The summed E-state index contributed by atoms with van der Waals surface area (Å²) in [6, 6.07) is 26.8. The summed E-state index contributed by atoms with van der Waals surface area (Å²) in [7, 11) is -0.562. The van der Waals surface area contributed by atoms with Gasteiger partial charge in [0.25, 0.3) is 0 Å². The molecule has 0 aliphatic rings. The van der Waals surface area contributed by atoms with Crippen LogP contribution in [0.3, 0.4) is 0 Å². The van der Waals surface area contributed by atoms with Crippen molar-refractivity contribution in [1.82, 2.24) is 0 Å². The summed E-state index contributed by atoms with van der Waals surface area (Å²) in [6.45, 7) is 0. The zero-order valence-electron chi connectivity index (χ0n) is 12.1. The highest BCUT2D eigenvalue weighted by molar-refractivity contribution is 6.62. The van der Waals surface area contributed by atoms with Gasteiger partial charge in [-0.15, -0.1) is 0 Å². The molecule has 0 aliphatic heterocycles. The third kappa shape index (κ3) is 3.41. The first-order valence-corrected chi connectivity index (χ1v) is 7.11. The second-order valence-electron chi connectivity index (χ2n) is 4.83. The average Bonchev–Trinajstić information content (AvgIpc) is 2.58. The van der Waals surface area contributed by atoms with Gasteiger partial charge >= 0.3 is 7.12 Å². The van der Waals surface area contributed by atoms with Crippen molar-refractivity contribution in [2.75, 3.05) is 5.73 Å². The van der Waals surface area contributed by atoms with Crippen LogP contribution in [0.15, 0.2) is 84.9 Å². The average molecular weight is 289 g/mol. The molecule has 0 fully saturated rings. The molecule has 0 saturated carbocycles. The second-order valence-corrected chi connectivity index (χ2v) is 4.83. The van der Waals surface area contributed by atoms with E-state index in [4.69, 9.17) is 15.0 Å². The van der Waals surface area contributed by atoms with Crippen LogP contribution in [0.5, 0.6) is 11.5 Å². The lowest BCUT2D eigenvalue weighted by molar-refractivity contribution is 0.440. The largest absolute Gasteiger partial charge is 0.632 e. The SMILES string of the molecule is Nc1ccccc1OB(Oc1ccccc1)c1ccccc1. The van der Waals surface area contributed by atoms with E-state index in [0.29, 0.717) is 11.4 Å². The predicted molar refractivity (Wildman–Crippen MR) is 90.4 cm³/mol. The van der Waals surface area contributed by atoms with Crippen molar-refractivity contribution in [2.45, 2.75) is 0 Å². The lowest BCUT2D eigenvalue weighted by Gasteiger charge is -2.18. The Kier molecular flexibility index (Phi) is 4.30. The molecule has 2 N–H and O–H groups in total. The van der Waals surface area contributed by atoms with Gasteiger partial charge in [0.15, 0.2) is 0 Å². The van der Waals surface area contributed by atoms with Gasteiger partial charge in [-0.25, -0.2) is 0 Å². The van der Waals surface area contributed by atoms with Crippen LogP contribution in [0, 0.1) is 0 Å². The smallest absolute Gasteiger partial charge is 0.522 e. The molecule has 0 aromatic heterocycles.